The van der Waals surface area contributed by atoms with Gasteiger partial charge >= 0.3 is 0 Å². The number of ether oxygens (including phenoxy) is 1. The lowest BCUT2D eigenvalue weighted by molar-refractivity contribution is -0.384. The highest BCUT2D eigenvalue weighted by molar-refractivity contribution is 5.92. The van der Waals surface area contributed by atoms with Crippen molar-refractivity contribution in [1.29, 1.82) is 0 Å². The second kappa shape index (κ2) is 7.05. The van der Waals surface area contributed by atoms with Crippen LogP contribution in [0.25, 0.3) is 16.6 Å². The van der Waals surface area contributed by atoms with Crippen LogP contribution in [0.2, 0.25) is 0 Å². The normalized spacial score (nSPS) is 10.9. The Balaban J connectivity index is 1.38. The van der Waals surface area contributed by atoms with E-state index in [1.54, 1.807) is 53.5 Å². The maximum absolute atomic E-state index is 11.1. The number of nitrogens with zero attached hydrogens (tertiary/aromatic N) is 7. The van der Waals surface area contributed by atoms with Gasteiger partial charge in [-0.1, -0.05) is 0 Å². The van der Waals surface area contributed by atoms with Crippen LogP contribution in [-0.2, 0) is 0 Å². The SMILES string of the molecule is O=[N+]([O-])c1ccc2ncnc(Nc3ccc(Oc4cc5nncn5cn4)cc3)c2c1. The highest BCUT2D eigenvalue weighted by Gasteiger charge is 2.11. The van der Waals surface area contributed by atoms with Gasteiger partial charge in [-0.05, 0) is 30.3 Å². The smallest absolute Gasteiger partial charge is 0.270 e. The van der Waals surface area contributed by atoms with Gasteiger partial charge in [-0.15, -0.1) is 10.2 Å². The Labute approximate surface area is 168 Å². The number of nitro benzene ring substituents is 1. The van der Waals surface area contributed by atoms with Crippen molar-refractivity contribution in [2.45, 2.75) is 0 Å². The second-order valence-corrected chi connectivity index (χ2v) is 6.26. The molecular formula is C19H12N8O3. The molecule has 2 aromatic carbocycles. The van der Waals surface area contributed by atoms with E-state index >= 15 is 0 Å². The van der Waals surface area contributed by atoms with Crippen molar-refractivity contribution >= 4 is 33.7 Å². The van der Waals surface area contributed by atoms with Gasteiger partial charge in [-0.3, -0.25) is 14.5 Å². The second-order valence-electron chi connectivity index (χ2n) is 6.26. The summed E-state index contributed by atoms with van der Waals surface area (Å²) in [6.07, 6.45) is 4.53. The van der Waals surface area contributed by atoms with Gasteiger partial charge in [0.05, 0.1) is 10.4 Å². The molecule has 3 aromatic heterocycles. The summed E-state index contributed by atoms with van der Waals surface area (Å²) in [5, 5.41) is 22.5. The minimum absolute atomic E-state index is 0.0266. The van der Waals surface area contributed by atoms with Crippen LogP contribution in [0.3, 0.4) is 0 Å². The maximum Gasteiger partial charge on any atom is 0.270 e. The van der Waals surface area contributed by atoms with E-state index in [1.165, 1.54) is 18.5 Å². The third kappa shape index (κ3) is 3.30. The van der Waals surface area contributed by atoms with Gasteiger partial charge in [0.1, 0.15) is 30.5 Å². The summed E-state index contributed by atoms with van der Waals surface area (Å²) < 4.78 is 7.43. The largest absolute Gasteiger partial charge is 0.439 e. The van der Waals surface area contributed by atoms with E-state index < -0.39 is 4.92 Å². The number of fused-ring (bicyclic) bond motifs is 2. The van der Waals surface area contributed by atoms with Crippen molar-refractivity contribution in [2.24, 2.45) is 0 Å². The Bertz CT molecular complexity index is 1380. The first kappa shape index (κ1) is 17.4. The van der Waals surface area contributed by atoms with Gasteiger partial charge in [0, 0.05) is 29.3 Å². The minimum Gasteiger partial charge on any atom is -0.439 e. The molecule has 0 aliphatic rings. The van der Waals surface area contributed by atoms with Crippen LogP contribution < -0.4 is 10.1 Å². The lowest BCUT2D eigenvalue weighted by atomic mass is 10.2. The van der Waals surface area contributed by atoms with E-state index in [-0.39, 0.29) is 5.69 Å². The van der Waals surface area contributed by atoms with Crippen LogP contribution in [0.1, 0.15) is 0 Å². The van der Waals surface area contributed by atoms with Crippen molar-refractivity contribution in [3.63, 3.8) is 0 Å². The fraction of sp³-hybridized carbons (Fsp3) is 0. The van der Waals surface area contributed by atoms with Gasteiger partial charge in [-0.25, -0.2) is 15.0 Å². The summed E-state index contributed by atoms with van der Waals surface area (Å²) in [6.45, 7) is 0. The first-order chi connectivity index (χ1) is 14.7. The molecule has 0 spiro atoms. The zero-order valence-corrected chi connectivity index (χ0v) is 15.2. The predicted molar refractivity (Wildman–Crippen MR) is 107 cm³/mol. The molecule has 0 atom stereocenters. The van der Waals surface area contributed by atoms with E-state index in [2.05, 4.69) is 30.5 Å². The number of hydrogen-bond acceptors (Lipinski definition) is 9. The van der Waals surface area contributed by atoms with E-state index in [9.17, 15) is 10.1 Å². The van der Waals surface area contributed by atoms with Crippen LogP contribution in [0.15, 0.2) is 67.5 Å². The molecule has 5 aromatic rings. The Morgan fingerprint density at radius 1 is 1.00 bits per heavy atom. The summed E-state index contributed by atoms with van der Waals surface area (Å²) in [5.41, 5.74) is 1.94. The molecule has 0 saturated carbocycles. The Morgan fingerprint density at radius 3 is 2.70 bits per heavy atom. The molecule has 30 heavy (non-hydrogen) atoms. The number of benzene rings is 2. The first-order valence-corrected chi connectivity index (χ1v) is 8.75. The first-order valence-electron chi connectivity index (χ1n) is 8.75. The van der Waals surface area contributed by atoms with Crippen molar-refractivity contribution < 1.29 is 9.66 Å². The Kier molecular flexibility index (Phi) is 4.10. The molecule has 3 heterocycles. The van der Waals surface area contributed by atoms with Gasteiger partial charge < -0.3 is 10.1 Å². The van der Waals surface area contributed by atoms with E-state index in [1.807, 2.05) is 0 Å². The lowest BCUT2D eigenvalue weighted by Crippen LogP contribution is -1.97. The summed E-state index contributed by atoms with van der Waals surface area (Å²) in [5.74, 6) is 1.45. The average Bonchev–Trinajstić information content (AvgIpc) is 3.23. The van der Waals surface area contributed by atoms with Gasteiger partial charge in [0.2, 0.25) is 5.88 Å². The standard InChI is InChI=1S/C19H12N8O3/c28-27(29)13-3-6-16-15(7-13)19(21-9-20-16)24-12-1-4-14(5-2-12)30-18-8-17-25-23-11-26(17)10-22-18/h1-11H,(H,20,21,24). The summed E-state index contributed by atoms with van der Waals surface area (Å²) in [7, 11) is 0. The number of non-ortho nitro benzene ring substituents is 1. The zero-order chi connectivity index (χ0) is 20.5. The lowest BCUT2D eigenvalue weighted by Gasteiger charge is -2.09. The minimum atomic E-state index is -0.451. The third-order valence-electron chi connectivity index (χ3n) is 4.33. The summed E-state index contributed by atoms with van der Waals surface area (Å²) in [6, 6.07) is 13.3. The van der Waals surface area contributed by atoms with Gasteiger partial charge in [-0.2, -0.15) is 0 Å². The Hall–Kier alpha value is -4.67. The quantitative estimate of drug-likeness (QED) is 0.347. The number of rotatable bonds is 5. The number of aromatic nitrogens is 6. The molecular weight excluding hydrogens is 388 g/mol. The summed E-state index contributed by atoms with van der Waals surface area (Å²) in [4.78, 5) is 23.2. The molecule has 0 aliphatic carbocycles. The maximum atomic E-state index is 11.1. The fourth-order valence-electron chi connectivity index (χ4n) is 2.89. The van der Waals surface area contributed by atoms with Gasteiger partial charge in [0.15, 0.2) is 5.65 Å². The third-order valence-corrected chi connectivity index (χ3v) is 4.33. The molecule has 0 fully saturated rings. The van der Waals surface area contributed by atoms with E-state index in [4.69, 9.17) is 4.74 Å². The molecule has 0 aliphatic heterocycles. The highest BCUT2D eigenvalue weighted by Crippen LogP contribution is 2.28. The van der Waals surface area contributed by atoms with Crippen LogP contribution in [-0.4, -0.2) is 34.5 Å². The van der Waals surface area contributed by atoms with Crippen molar-refractivity contribution in [3.05, 3.63) is 77.6 Å². The van der Waals surface area contributed by atoms with E-state index in [0.717, 1.165) is 5.69 Å². The predicted octanol–water partition coefficient (Wildman–Crippen LogP) is 3.51. The monoisotopic (exact) mass is 400 g/mol. The Morgan fingerprint density at radius 2 is 1.87 bits per heavy atom. The molecule has 146 valence electrons. The van der Waals surface area contributed by atoms with Gasteiger partial charge in [0.25, 0.3) is 5.69 Å². The topological polar surface area (TPSA) is 133 Å². The number of hydrogen-bond donors (Lipinski definition) is 1. The fourth-order valence-corrected chi connectivity index (χ4v) is 2.89. The van der Waals surface area contributed by atoms with Crippen LogP contribution in [0, 0.1) is 10.1 Å². The molecule has 0 unspecified atom stereocenters. The molecule has 0 saturated heterocycles. The molecule has 0 amide bonds. The molecule has 5 rings (SSSR count). The van der Waals surface area contributed by atoms with E-state index in [0.29, 0.717) is 34.0 Å². The van der Waals surface area contributed by atoms with Crippen LogP contribution in [0.5, 0.6) is 11.6 Å². The molecule has 11 heteroatoms. The van der Waals surface area contributed by atoms with Crippen molar-refractivity contribution in [2.75, 3.05) is 5.32 Å². The van der Waals surface area contributed by atoms with Crippen molar-refractivity contribution in [3.8, 4) is 11.6 Å². The van der Waals surface area contributed by atoms with Crippen LogP contribution in [0.4, 0.5) is 17.2 Å². The molecule has 11 nitrogen and oxygen atoms in total. The molecule has 0 radical (unpaired) electrons. The molecule has 0 bridgehead atoms. The van der Waals surface area contributed by atoms with Crippen LogP contribution >= 0.6 is 0 Å². The molecule has 1 N–H and O–H groups in total. The summed E-state index contributed by atoms with van der Waals surface area (Å²) >= 11 is 0. The van der Waals surface area contributed by atoms with Crippen molar-refractivity contribution in [1.82, 2.24) is 29.5 Å². The zero-order valence-electron chi connectivity index (χ0n) is 15.2. The highest BCUT2D eigenvalue weighted by atomic mass is 16.6. The number of anilines is 2. The average molecular weight is 400 g/mol. The number of nitrogens with one attached hydrogen (secondary N) is 1. The number of nitro groups is 1.